The van der Waals surface area contributed by atoms with Crippen LogP contribution in [0.2, 0.25) is 0 Å². The van der Waals surface area contributed by atoms with E-state index >= 15 is 0 Å². The van der Waals surface area contributed by atoms with Crippen molar-refractivity contribution in [3.8, 4) is 0 Å². The highest BCUT2D eigenvalue weighted by Gasteiger charge is 2.29. The maximum Gasteiger partial charge on any atom is 0.416 e. The molecule has 0 saturated carbocycles. The first-order valence-corrected chi connectivity index (χ1v) is 9.53. The van der Waals surface area contributed by atoms with Gasteiger partial charge in [-0.25, -0.2) is 0 Å². The van der Waals surface area contributed by atoms with E-state index < -0.39 is 17.9 Å². The van der Waals surface area contributed by atoms with Crippen molar-refractivity contribution in [2.75, 3.05) is 7.11 Å². The zero-order chi connectivity index (χ0) is 24.0. The third-order valence-corrected chi connectivity index (χ3v) is 4.42. The van der Waals surface area contributed by atoms with Crippen molar-refractivity contribution in [1.29, 1.82) is 0 Å². The van der Waals surface area contributed by atoms with Gasteiger partial charge in [-0.1, -0.05) is 32.0 Å². The first-order valence-electron chi connectivity index (χ1n) is 9.53. The summed E-state index contributed by atoms with van der Waals surface area (Å²) in [6, 6.07) is 13.9. The Morgan fingerprint density at radius 1 is 0.871 bits per heavy atom. The number of alkyl halides is 6. The normalized spacial score (nSPS) is 11.6. The summed E-state index contributed by atoms with van der Waals surface area (Å²) in [5.74, 6) is 0.466. The Bertz CT molecular complexity index is 947. The van der Waals surface area contributed by atoms with Crippen LogP contribution < -0.4 is 0 Å². The fourth-order valence-corrected chi connectivity index (χ4v) is 2.98. The highest BCUT2D eigenvalue weighted by Crippen LogP contribution is 2.30. The van der Waals surface area contributed by atoms with E-state index in [0.717, 1.165) is 36.0 Å². The Kier molecular flexibility index (Phi) is 9.17. The number of aromatic nitrogens is 1. The summed E-state index contributed by atoms with van der Waals surface area (Å²) in [5.41, 5.74) is 3.75. The molecule has 1 heterocycles. The minimum absolute atomic E-state index is 0.188. The van der Waals surface area contributed by atoms with Crippen molar-refractivity contribution < 1.29 is 31.4 Å². The molecule has 31 heavy (non-hydrogen) atoms. The lowest BCUT2D eigenvalue weighted by molar-refractivity contribution is -0.137. The van der Waals surface area contributed by atoms with Crippen molar-refractivity contribution in [3.05, 3.63) is 70.9 Å². The molecule has 0 saturated heterocycles. The van der Waals surface area contributed by atoms with Crippen molar-refractivity contribution in [2.24, 2.45) is 0 Å². The number of hydrogen-bond donors (Lipinski definition) is 1. The second kappa shape index (κ2) is 10.7. The van der Waals surface area contributed by atoms with Gasteiger partial charge in [0.15, 0.2) is 0 Å². The lowest BCUT2D eigenvalue weighted by Crippen LogP contribution is -2.06. The van der Waals surface area contributed by atoms with E-state index in [9.17, 15) is 26.3 Å². The van der Waals surface area contributed by atoms with Crippen LogP contribution in [0.15, 0.2) is 48.5 Å². The van der Waals surface area contributed by atoms with Gasteiger partial charge in [-0.15, -0.1) is 0 Å². The van der Waals surface area contributed by atoms with Gasteiger partial charge >= 0.3 is 12.4 Å². The SMILES string of the molecule is CC(F)(F)F.CO.Cc1cc2cc(C(C)C)ccc2n1Cc1ccc(C(F)(F)F)cc1. The Morgan fingerprint density at radius 3 is 1.84 bits per heavy atom. The number of aryl methyl sites for hydroxylation is 1. The molecular weight excluding hydrogens is 420 g/mol. The van der Waals surface area contributed by atoms with Gasteiger partial charge < -0.3 is 9.67 Å². The number of benzene rings is 2. The van der Waals surface area contributed by atoms with E-state index in [0.29, 0.717) is 12.5 Å². The molecular formula is C23H27F6NO. The third-order valence-electron chi connectivity index (χ3n) is 4.42. The fraction of sp³-hybridized carbons (Fsp3) is 0.391. The smallest absolute Gasteiger partial charge is 0.400 e. The van der Waals surface area contributed by atoms with Crippen LogP contribution in [0.5, 0.6) is 0 Å². The summed E-state index contributed by atoms with van der Waals surface area (Å²) in [6.07, 6.45) is -8.29. The van der Waals surface area contributed by atoms with Crippen molar-refractivity contribution in [3.63, 3.8) is 0 Å². The number of rotatable bonds is 3. The molecule has 0 atom stereocenters. The zero-order valence-corrected chi connectivity index (χ0v) is 18.1. The van der Waals surface area contributed by atoms with E-state index in [2.05, 4.69) is 42.7 Å². The van der Waals surface area contributed by atoms with Crippen LogP contribution in [-0.2, 0) is 12.7 Å². The maximum atomic E-state index is 12.7. The molecule has 0 amide bonds. The van der Waals surface area contributed by atoms with Gasteiger partial charge in [-0.05, 0) is 54.3 Å². The van der Waals surface area contributed by atoms with Crippen LogP contribution in [0, 0.1) is 6.92 Å². The van der Waals surface area contributed by atoms with Crippen LogP contribution in [0.4, 0.5) is 26.3 Å². The molecule has 3 aromatic rings. The first-order chi connectivity index (χ1) is 14.3. The average molecular weight is 447 g/mol. The molecule has 0 radical (unpaired) electrons. The molecule has 8 heteroatoms. The quantitative estimate of drug-likeness (QED) is 0.418. The predicted octanol–water partition coefficient (Wildman–Crippen LogP) is 7.32. The Hall–Kier alpha value is -2.48. The summed E-state index contributed by atoms with van der Waals surface area (Å²) in [4.78, 5) is 0. The van der Waals surface area contributed by atoms with E-state index in [1.54, 1.807) is 12.1 Å². The van der Waals surface area contributed by atoms with Crippen LogP contribution in [0.25, 0.3) is 10.9 Å². The van der Waals surface area contributed by atoms with Crippen LogP contribution >= 0.6 is 0 Å². The second-order valence-electron chi connectivity index (χ2n) is 7.32. The Labute approximate surface area is 178 Å². The van der Waals surface area contributed by atoms with Gasteiger partial charge in [-0.3, -0.25) is 0 Å². The van der Waals surface area contributed by atoms with Crippen molar-refractivity contribution in [1.82, 2.24) is 4.57 Å². The van der Waals surface area contributed by atoms with E-state index in [-0.39, 0.29) is 6.92 Å². The average Bonchev–Trinajstić information content (AvgIpc) is 2.96. The molecule has 0 unspecified atom stereocenters. The molecule has 2 nitrogen and oxygen atoms in total. The fourth-order valence-electron chi connectivity index (χ4n) is 2.98. The van der Waals surface area contributed by atoms with E-state index in [1.807, 2.05) is 6.92 Å². The Balaban J connectivity index is 0.000000605. The monoisotopic (exact) mass is 447 g/mol. The maximum absolute atomic E-state index is 12.7. The lowest BCUT2D eigenvalue weighted by atomic mass is 10.0. The highest BCUT2D eigenvalue weighted by atomic mass is 19.4. The minimum Gasteiger partial charge on any atom is -0.400 e. The molecule has 3 rings (SSSR count). The van der Waals surface area contributed by atoms with E-state index in [1.165, 1.54) is 10.9 Å². The molecule has 0 spiro atoms. The number of nitrogens with zero attached hydrogens (tertiary/aromatic N) is 1. The number of halogens is 6. The summed E-state index contributed by atoms with van der Waals surface area (Å²) in [6.45, 7) is 7.10. The van der Waals surface area contributed by atoms with Crippen LogP contribution in [0.1, 0.15) is 49.1 Å². The Morgan fingerprint density at radius 2 is 1.39 bits per heavy atom. The molecule has 2 aromatic carbocycles. The number of fused-ring (bicyclic) bond motifs is 1. The molecule has 0 aliphatic heterocycles. The molecule has 1 aromatic heterocycles. The standard InChI is InChI=1S/C20H20F3N.C2H3F3.CH4O/c1-13(2)16-6-9-19-17(11-16)10-14(3)24(19)12-15-4-7-18(8-5-15)20(21,22)23;1-2(3,4)5;1-2/h4-11,13H,12H2,1-3H3;1H3;2H,1H3. The third kappa shape index (κ3) is 8.28. The first kappa shape index (κ1) is 26.6. The van der Waals surface area contributed by atoms with Crippen LogP contribution in [-0.4, -0.2) is 23.0 Å². The van der Waals surface area contributed by atoms with Gasteiger partial charge in [0.25, 0.3) is 0 Å². The van der Waals surface area contributed by atoms with Gasteiger partial charge in [0.1, 0.15) is 0 Å². The summed E-state index contributed by atoms with van der Waals surface area (Å²) < 4.78 is 71.2. The van der Waals surface area contributed by atoms with Gasteiger partial charge in [-0.2, -0.15) is 26.3 Å². The summed E-state index contributed by atoms with van der Waals surface area (Å²) in [5, 5.41) is 8.17. The minimum atomic E-state index is -4.29. The molecule has 1 N–H and O–H groups in total. The lowest BCUT2D eigenvalue weighted by Gasteiger charge is -2.11. The van der Waals surface area contributed by atoms with Gasteiger partial charge in [0, 0.05) is 37.2 Å². The molecule has 0 aliphatic rings. The zero-order valence-electron chi connectivity index (χ0n) is 18.1. The molecule has 0 fully saturated rings. The van der Waals surface area contributed by atoms with Gasteiger partial charge in [0.05, 0.1) is 5.56 Å². The summed E-state index contributed by atoms with van der Waals surface area (Å²) in [7, 11) is 1.00. The molecule has 0 aliphatic carbocycles. The van der Waals surface area contributed by atoms with Gasteiger partial charge in [0.2, 0.25) is 0 Å². The van der Waals surface area contributed by atoms with Crippen LogP contribution in [0.3, 0.4) is 0 Å². The van der Waals surface area contributed by atoms with Crippen molar-refractivity contribution in [2.45, 2.75) is 52.5 Å². The number of aliphatic hydroxyl groups excluding tert-OH is 1. The van der Waals surface area contributed by atoms with Crippen molar-refractivity contribution >= 4 is 10.9 Å². The largest absolute Gasteiger partial charge is 0.416 e. The van der Waals surface area contributed by atoms with E-state index in [4.69, 9.17) is 5.11 Å². The number of hydrogen-bond acceptors (Lipinski definition) is 1. The second-order valence-corrected chi connectivity index (χ2v) is 7.32. The summed E-state index contributed by atoms with van der Waals surface area (Å²) >= 11 is 0. The topological polar surface area (TPSA) is 25.2 Å². The number of aliphatic hydroxyl groups is 1. The highest BCUT2D eigenvalue weighted by molar-refractivity contribution is 5.82. The molecule has 172 valence electrons. The predicted molar refractivity (Wildman–Crippen MR) is 111 cm³/mol. The molecule has 0 bridgehead atoms.